The van der Waals surface area contributed by atoms with E-state index in [0.717, 1.165) is 23.6 Å². The van der Waals surface area contributed by atoms with Crippen molar-refractivity contribution in [3.63, 3.8) is 0 Å². The maximum atomic E-state index is 12.4. The molecule has 1 saturated heterocycles. The molecule has 25 heavy (non-hydrogen) atoms. The molecule has 1 N–H and O–H groups in total. The van der Waals surface area contributed by atoms with E-state index >= 15 is 0 Å². The number of carboxylic acid groups (broad SMARTS) is 1. The normalized spacial score (nSPS) is 23.0. The number of fused-ring (bicyclic) bond motifs is 1. The van der Waals surface area contributed by atoms with Crippen molar-refractivity contribution < 1.29 is 19.4 Å². The van der Waals surface area contributed by atoms with Gasteiger partial charge in [0.1, 0.15) is 5.75 Å². The van der Waals surface area contributed by atoms with Gasteiger partial charge in [-0.1, -0.05) is 30.3 Å². The van der Waals surface area contributed by atoms with Crippen LogP contribution in [0, 0.1) is 17.8 Å². The van der Waals surface area contributed by atoms with Gasteiger partial charge in [-0.3, -0.25) is 9.59 Å². The highest BCUT2D eigenvalue weighted by molar-refractivity contribution is 5.84. The van der Waals surface area contributed by atoms with Gasteiger partial charge in [-0.2, -0.15) is 0 Å². The van der Waals surface area contributed by atoms with E-state index in [1.54, 1.807) is 4.90 Å². The maximum absolute atomic E-state index is 12.4. The number of carbonyl (C=O) groups excluding carboxylic acids is 1. The number of rotatable bonds is 5. The van der Waals surface area contributed by atoms with Crippen molar-refractivity contribution in [3.8, 4) is 5.75 Å². The Bertz CT molecular complexity index is 814. The van der Waals surface area contributed by atoms with Crippen LogP contribution in [0.5, 0.6) is 5.75 Å². The Labute approximate surface area is 146 Å². The largest absolute Gasteiger partial charge is 0.484 e. The van der Waals surface area contributed by atoms with Crippen LogP contribution in [0.15, 0.2) is 42.5 Å². The number of amides is 1. The van der Waals surface area contributed by atoms with Gasteiger partial charge >= 0.3 is 5.97 Å². The Morgan fingerprint density at radius 2 is 1.84 bits per heavy atom. The summed E-state index contributed by atoms with van der Waals surface area (Å²) >= 11 is 0. The molecule has 1 aliphatic carbocycles. The minimum atomic E-state index is -0.789. The molecular formula is C20H21NO4. The van der Waals surface area contributed by atoms with Gasteiger partial charge < -0.3 is 14.7 Å². The molecule has 0 spiro atoms. The van der Waals surface area contributed by atoms with E-state index in [1.807, 2.05) is 42.5 Å². The first-order valence-corrected chi connectivity index (χ1v) is 8.74. The molecule has 2 aromatic carbocycles. The number of likely N-dealkylation sites (tertiary alicyclic amines) is 1. The average Bonchev–Trinajstić information content (AvgIpc) is 3.37. The summed E-state index contributed by atoms with van der Waals surface area (Å²) in [6.45, 7) is 0.792. The van der Waals surface area contributed by atoms with Crippen molar-refractivity contribution in [2.45, 2.75) is 12.8 Å². The van der Waals surface area contributed by atoms with Gasteiger partial charge in [0.15, 0.2) is 6.61 Å². The second kappa shape index (κ2) is 6.39. The van der Waals surface area contributed by atoms with Crippen LogP contribution in [-0.2, 0) is 9.59 Å². The summed E-state index contributed by atoms with van der Waals surface area (Å²) < 4.78 is 5.66. The lowest BCUT2D eigenvalue weighted by Gasteiger charge is -2.16. The van der Waals surface area contributed by atoms with Gasteiger partial charge in [0.25, 0.3) is 5.91 Å². The van der Waals surface area contributed by atoms with Gasteiger partial charge in [-0.25, -0.2) is 0 Å². The molecule has 1 amide bonds. The minimum Gasteiger partial charge on any atom is -0.484 e. The quantitative estimate of drug-likeness (QED) is 0.910. The van der Waals surface area contributed by atoms with Crippen molar-refractivity contribution in [2.75, 3.05) is 19.7 Å². The Balaban J connectivity index is 1.39. The topological polar surface area (TPSA) is 66.8 Å². The molecule has 2 aliphatic rings. The molecule has 2 atom stereocenters. The smallest absolute Gasteiger partial charge is 0.308 e. The first kappa shape index (κ1) is 15.9. The van der Waals surface area contributed by atoms with Crippen LogP contribution in [0.2, 0.25) is 0 Å². The molecule has 2 aromatic rings. The fourth-order valence-corrected chi connectivity index (χ4v) is 3.79. The number of ether oxygens (including phenoxy) is 1. The number of carbonyl (C=O) groups is 2. The van der Waals surface area contributed by atoms with Crippen molar-refractivity contribution in [1.82, 2.24) is 4.90 Å². The highest BCUT2D eigenvalue weighted by atomic mass is 16.5. The lowest BCUT2D eigenvalue weighted by atomic mass is 9.92. The summed E-state index contributed by atoms with van der Waals surface area (Å²) in [6.07, 6.45) is 2.17. The van der Waals surface area contributed by atoms with Gasteiger partial charge in [-0.15, -0.1) is 0 Å². The molecule has 0 bridgehead atoms. The lowest BCUT2D eigenvalue weighted by molar-refractivity contribution is -0.142. The van der Waals surface area contributed by atoms with E-state index in [9.17, 15) is 14.7 Å². The number of nitrogens with zero attached hydrogens (tertiary/aromatic N) is 1. The third-order valence-electron chi connectivity index (χ3n) is 5.35. The number of hydrogen-bond acceptors (Lipinski definition) is 3. The fraction of sp³-hybridized carbons (Fsp3) is 0.400. The Kier molecular flexibility index (Phi) is 4.07. The summed E-state index contributed by atoms with van der Waals surface area (Å²) in [7, 11) is 0. The van der Waals surface area contributed by atoms with Crippen molar-refractivity contribution in [2.24, 2.45) is 17.8 Å². The van der Waals surface area contributed by atoms with Crippen LogP contribution in [0.1, 0.15) is 12.8 Å². The second-order valence-corrected chi connectivity index (χ2v) is 7.04. The van der Waals surface area contributed by atoms with Crippen molar-refractivity contribution >= 4 is 22.6 Å². The van der Waals surface area contributed by atoms with Crippen LogP contribution in [0.4, 0.5) is 0 Å². The Morgan fingerprint density at radius 3 is 2.56 bits per heavy atom. The molecule has 5 heteroatoms. The first-order chi connectivity index (χ1) is 12.1. The summed E-state index contributed by atoms with van der Waals surface area (Å²) in [4.78, 5) is 25.5. The van der Waals surface area contributed by atoms with E-state index in [0.29, 0.717) is 24.8 Å². The molecule has 1 heterocycles. The molecule has 1 saturated carbocycles. The predicted molar refractivity (Wildman–Crippen MR) is 93.4 cm³/mol. The zero-order valence-corrected chi connectivity index (χ0v) is 13.9. The Hall–Kier alpha value is -2.56. The van der Waals surface area contributed by atoms with Gasteiger partial charge in [0.05, 0.1) is 5.92 Å². The highest BCUT2D eigenvalue weighted by Crippen LogP contribution is 2.44. The van der Waals surface area contributed by atoms with Crippen LogP contribution < -0.4 is 4.74 Å². The number of aliphatic carboxylic acids is 1. The van der Waals surface area contributed by atoms with E-state index in [-0.39, 0.29) is 18.4 Å². The molecule has 0 radical (unpaired) electrons. The number of hydrogen-bond donors (Lipinski definition) is 1. The first-order valence-electron chi connectivity index (χ1n) is 8.74. The lowest BCUT2D eigenvalue weighted by Crippen LogP contribution is -2.33. The number of benzene rings is 2. The van der Waals surface area contributed by atoms with E-state index < -0.39 is 11.9 Å². The molecular weight excluding hydrogens is 318 g/mol. The van der Waals surface area contributed by atoms with Gasteiger partial charge in [-0.05, 0) is 47.6 Å². The summed E-state index contributed by atoms with van der Waals surface area (Å²) in [5.74, 6) is -0.135. The van der Waals surface area contributed by atoms with Gasteiger partial charge in [0.2, 0.25) is 0 Å². The van der Waals surface area contributed by atoms with Crippen LogP contribution >= 0.6 is 0 Å². The predicted octanol–water partition coefficient (Wildman–Crippen LogP) is 2.79. The molecule has 1 aliphatic heterocycles. The van der Waals surface area contributed by atoms with Crippen LogP contribution in [0.3, 0.4) is 0 Å². The molecule has 0 aromatic heterocycles. The summed E-state index contributed by atoms with van der Waals surface area (Å²) in [6, 6.07) is 13.7. The zero-order valence-electron chi connectivity index (χ0n) is 13.9. The van der Waals surface area contributed by atoms with E-state index in [4.69, 9.17) is 4.74 Å². The van der Waals surface area contributed by atoms with E-state index in [2.05, 4.69) is 0 Å². The minimum absolute atomic E-state index is 0.0535. The second-order valence-electron chi connectivity index (χ2n) is 7.04. The van der Waals surface area contributed by atoms with Crippen LogP contribution in [-0.4, -0.2) is 41.6 Å². The molecule has 5 nitrogen and oxygen atoms in total. The zero-order chi connectivity index (χ0) is 17.4. The SMILES string of the molecule is O=C(O)[C@H]1CN(C(=O)COc2ccc3ccccc3c2)C[C@@H]1C1CC1. The standard InChI is InChI=1S/C20H21NO4/c22-19(21-10-17(14-5-6-14)18(11-21)20(23)24)12-25-16-8-7-13-3-1-2-4-15(13)9-16/h1-4,7-9,14,17-18H,5-6,10-12H2,(H,23,24)/t17-,18+/m1/s1. The molecule has 2 fully saturated rings. The molecule has 4 rings (SSSR count). The monoisotopic (exact) mass is 339 g/mol. The third-order valence-corrected chi connectivity index (χ3v) is 5.35. The molecule has 0 unspecified atom stereocenters. The Morgan fingerprint density at radius 1 is 1.08 bits per heavy atom. The fourth-order valence-electron chi connectivity index (χ4n) is 3.79. The molecule has 130 valence electrons. The average molecular weight is 339 g/mol. The summed E-state index contributed by atoms with van der Waals surface area (Å²) in [5, 5.41) is 11.6. The van der Waals surface area contributed by atoms with Gasteiger partial charge in [0, 0.05) is 13.1 Å². The van der Waals surface area contributed by atoms with Crippen LogP contribution in [0.25, 0.3) is 10.8 Å². The maximum Gasteiger partial charge on any atom is 0.308 e. The summed E-state index contributed by atoms with van der Waals surface area (Å²) in [5.41, 5.74) is 0. The van der Waals surface area contributed by atoms with Crippen molar-refractivity contribution in [1.29, 1.82) is 0 Å². The van der Waals surface area contributed by atoms with Crippen molar-refractivity contribution in [3.05, 3.63) is 42.5 Å². The highest BCUT2D eigenvalue weighted by Gasteiger charge is 2.46. The number of carboxylic acids is 1. The van der Waals surface area contributed by atoms with E-state index in [1.165, 1.54) is 0 Å². The third kappa shape index (κ3) is 3.31.